The molecule has 2 rings (SSSR count). The van der Waals surface area contributed by atoms with Crippen LogP contribution in [-0.4, -0.2) is 20.5 Å². The Morgan fingerprint density at radius 2 is 1.84 bits per heavy atom. The Labute approximate surface area is 108 Å². The van der Waals surface area contributed by atoms with Gasteiger partial charge in [-0.05, 0) is 11.6 Å². The number of hydrogen-bond acceptors (Lipinski definition) is 4. The van der Waals surface area contributed by atoms with Gasteiger partial charge in [-0.1, -0.05) is 30.3 Å². The molecule has 19 heavy (non-hydrogen) atoms. The lowest BCUT2D eigenvalue weighted by Crippen LogP contribution is -2.26. The first-order valence-corrected chi connectivity index (χ1v) is 6.70. The summed E-state index contributed by atoms with van der Waals surface area (Å²) in [6.07, 6.45) is 1.32. The van der Waals surface area contributed by atoms with Gasteiger partial charge in [-0.25, -0.2) is 0 Å². The van der Waals surface area contributed by atoms with Gasteiger partial charge >= 0.3 is 15.6 Å². The van der Waals surface area contributed by atoms with Crippen LogP contribution in [0.5, 0.6) is 0 Å². The van der Waals surface area contributed by atoms with Crippen molar-refractivity contribution in [3.05, 3.63) is 47.7 Å². The van der Waals surface area contributed by atoms with Gasteiger partial charge in [0.05, 0.1) is 12.6 Å². The number of halogens is 3. The van der Waals surface area contributed by atoms with Crippen LogP contribution in [0.2, 0.25) is 0 Å². The lowest BCUT2D eigenvalue weighted by Gasteiger charge is -2.09. The topological polar surface area (TPSA) is 55.4 Å². The van der Waals surface area contributed by atoms with Crippen LogP contribution in [0, 0.1) is 0 Å². The van der Waals surface area contributed by atoms with Crippen molar-refractivity contribution in [3.8, 4) is 0 Å². The average molecular weight is 293 g/mol. The molecule has 0 bridgehead atoms. The second-order valence-electron chi connectivity index (χ2n) is 3.89. The van der Waals surface area contributed by atoms with Crippen molar-refractivity contribution in [3.63, 3.8) is 0 Å². The highest BCUT2D eigenvalue weighted by Gasteiger charge is 2.49. The Kier molecular flexibility index (Phi) is 3.55. The second-order valence-corrected chi connectivity index (χ2v) is 5.42. The Morgan fingerprint density at radius 1 is 1.21 bits per heavy atom. The van der Waals surface area contributed by atoms with Crippen LogP contribution in [0.1, 0.15) is 11.6 Å². The highest BCUT2D eigenvalue weighted by atomic mass is 32.2. The van der Waals surface area contributed by atoms with E-state index >= 15 is 0 Å². The molecule has 0 aromatic heterocycles. The SMILES string of the molecule is O=S(=O)(OC1=C[C@@H](c2ccccc2)NC1)C(F)(F)F. The fourth-order valence-corrected chi connectivity index (χ4v) is 2.12. The molecule has 0 amide bonds. The van der Waals surface area contributed by atoms with E-state index in [9.17, 15) is 21.6 Å². The highest BCUT2D eigenvalue weighted by molar-refractivity contribution is 7.87. The van der Waals surface area contributed by atoms with Crippen LogP contribution in [0.15, 0.2) is 42.2 Å². The zero-order chi connectivity index (χ0) is 14.1. The lowest BCUT2D eigenvalue weighted by molar-refractivity contribution is -0.0522. The van der Waals surface area contributed by atoms with E-state index in [-0.39, 0.29) is 18.3 Å². The molecule has 0 fully saturated rings. The summed E-state index contributed by atoms with van der Waals surface area (Å²) in [7, 11) is -5.60. The Morgan fingerprint density at radius 3 is 2.42 bits per heavy atom. The summed E-state index contributed by atoms with van der Waals surface area (Å²) in [6, 6.07) is 8.53. The molecule has 1 aromatic rings. The van der Waals surface area contributed by atoms with Gasteiger partial charge in [0.1, 0.15) is 5.76 Å². The first-order chi connectivity index (χ1) is 8.79. The smallest absolute Gasteiger partial charge is 0.379 e. The number of benzene rings is 1. The molecule has 4 nitrogen and oxygen atoms in total. The fourth-order valence-electron chi connectivity index (χ4n) is 1.63. The molecular formula is C11H10F3NO3S. The lowest BCUT2D eigenvalue weighted by atomic mass is 10.1. The Balaban J connectivity index is 2.13. The van der Waals surface area contributed by atoms with Gasteiger partial charge in [0.2, 0.25) is 0 Å². The average Bonchev–Trinajstić information content (AvgIpc) is 2.76. The zero-order valence-electron chi connectivity index (χ0n) is 9.52. The number of nitrogens with one attached hydrogen (secondary N) is 1. The first kappa shape index (κ1) is 13.9. The van der Waals surface area contributed by atoms with Crippen molar-refractivity contribution in [1.29, 1.82) is 0 Å². The molecule has 8 heteroatoms. The maximum Gasteiger partial charge on any atom is 0.534 e. The van der Waals surface area contributed by atoms with Crippen molar-refractivity contribution in [2.45, 2.75) is 11.6 Å². The molecule has 104 valence electrons. The first-order valence-electron chi connectivity index (χ1n) is 5.29. The van der Waals surface area contributed by atoms with Gasteiger partial charge in [0.25, 0.3) is 0 Å². The molecule has 0 radical (unpaired) electrons. The second kappa shape index (κ2) is 4.86. The molecule has 1 aromatic carbocycles. The van der Waals surface area contributed by atoms with E-state index in [0.717, 1.165) is 5.56 Å². The summed E-state index contributed by atoms with van der Waals surface area (Å²) < 4.78 is 62.2. The Bertz CT molecular complexity index is 581. The molecule has 1 heterocycles. The van der Waals surface area contributed by atoms with E-state index < -0.39 is 15.6 Å². The standard InChI is InChI=1S/C11H10F3NO3S/c12-11(13,14)19(16,17)18-9-6-10(15-7-9)8-4-2-1-3-5-8/h1-6,10,15H,7H2/t10-/m0/s1. The third-order valence-corrected chi connectivity index (χ3v) is 3.51. The van der Waals surface area contributed by atoms with Gasteiger partial charge < -0.3 is 4.18 Å². The van der Waals surface area contributed by atoms with E-state index in [4.69, 9.17) is 0 Å². The van der Waals surface area contributed by atoms with Gasteiger partial charge in [0, 0.05) is 0 Å². The van der Waals surface area contributed by atoms with Crippen LogP contribution in [0.4, 0.5) is 13.2 Å². The molecule has 0 spiro atoms. The van der Waals surface area contributed by atoms with Crippen LogP contribution in [0.3, 0.4) is 0 Å². The molecular weight excluding hydrogens is 283 g/mol. The highest BCUT2D eigenvalue weighted by Crippen LogP contribution is 2.29. The van der Waals surface area contributed by atoms with E-state index in [2.05, 4.69) is 9.50 Å². The number of alkyl halides is 3. The molecule has 1 aliphatic rings. The third kappa shape index (κ3) is 3.07. The van der Waals surface area contributed by atoms with Gasteiger partial charge in [0.15, 0.2) is 0 Å². The number of rotatable bonds is 3. The Hall–Kier alpha value is -1.54. The maximum atomic E-state index is 12.1. The van der Waals surface area contributed by atoms with Crippen LogP contribution >= 0.6 is 0 Å². The maximum absolute atomic E-state index is 12.1. The number of hydrogen-bond donors (Lipinski definition) is 1. The van der Waals surface area contributed by atoms with Crippen molar-refractivity contribution >= 4 is 10.1 Å². The minimum absolute atomic E-state index is 0.0745. The normalized spacial score (nSPS) is 20.2. The molecule has 1 atom stereocenters. The van der Waals surface area contributed by atoms with Crippen molar-refractivity contribution < 1.29 is 25.8 Å². The molecule has 0 saturated heterocycles. The summed E-state index contributed by atoms with van der Waals surface area (Å²) in [5.41, 5.74) is -4.61. The summed E-state index contributed by atoms with van der Waals surface area (Å²) >= 11 is 0. The summed E-state index contributed by atoms with van der Waals surface area (Å²) in [5, 5.41) is 2.85. The zero-order valence-corrected chi connectivity index (χ0v) is 10.3. The predicted molar refractivity (Wildman–Crippen MR) is 61.3 cm³/mol. The van der Waals surface area contributed by atoms with Crippen LogP contribution in [0.25, 0.3) is 0 Å². The molecule has 1 aliphatic heterocycles. The molecule has 0 saturated carbocycles. The van der Waals surface area contributed by atoms with E-state index in [1.54, 1.807) is 30.3 Å². The minimum Gasteiger partial charge on any atom is -0.379 e. The van der Waals surface area contributed by atoms with Crippen molar-refractivity contribution in [1.82, 2.24) is 5.32 Å². The van der Waals surface area contributed by atoms with Crippen LogP contribution in [-0.2, 0) is 14.3 Å². The van der Waals surface area contributed by atoms with Crippen molar-refractivity contribution in [2.24, 2.45) is 0 Å². The van der Waals surface area contributed by atoms with Gasteiger partial charge in [-0.2, -0.15) is 21.6 Å². The van der Waals surface area contributed by atoms with E-state index in [0.29, 0.717) is 0 Å². The fraction of sp³-hybridized carbons (Fsp3) is 0.273. The van der Waals surface area contributed by atoms with E-state index in [1.807, 2.05) is 0 Å². The quantitative estimate of drug-likeness (QED) is 0.685. The van der Waals surface area contributed by atoms with Crippen LogP contribution < -0.4 is 5.32 Å². The summed E-state index contributed by atoms with van der Waals surface area (Å²) in [5.74, 6) is -0.258. The predicted octanol–water partition coefficient (Wildman–Crippen LogP) is 2.08. The molecule has 1 N–H and O–H groups in total. The third-order valence-electron chi connectivity index (χ3n) is 2.51. The summed E-state index contributed by atoms with van der Waals surface area (Å²) in [4.78, 5) is 0. The largest absolute Gasteiger partial charge is 0.534 e. The van der Waals surface area contributed by atoms with Gasteiger partial charge in [-0.15, -0.1) is 0 Å². The van der Waals surface area contributed by atoms with E-state index in [1.165, 1.54) is 6.08 Å². The monoisotopic (exact) mass is 293 g/mol. The molecule has 0 unspecified atom stereocenters. The minimum atomic E-state index is -5.60. The summed E-state index contributed by atoms with van der Waals surface area (Å²) in [6.45, 7) is -0.0745. The molecule has 0 aliphatic carbocycles. The van der Waals surface area contributed by atoms with Gasteiger partial charge in [-0.3, -0.25) is 5.32 Å². The van der Waals surface area contributed by atoms with Crippen molar-refractivity contribution in [2.75, 3.05) is 6.54 Å².